The van der Waals surface area contributed by atoms with E-state index in [0.29, 0.717) is 13.0 Å². The lowest BCUT2D eigenvalue weighted by molar-refractivity contribution is -0.137. The van der Waals surface area contributed by atoms with Gasteiger partial charge < -0.3 is 20.3 Å². The maximum atomic E-state index is 10.7. The molecule has 0 radical (unpaired) electrons. The molecule has 0 fully saturated rings. The molecule has 1 rings (SSSR count). The minimum absolute atomic E-state index is 0.0316. The Hall–Kier alpha value is -1.59. The number of rotatable bonds is 8. The van der Waals surface area contributed by atoms with Crippen LogP contribution in [0.5, 0.6) is 5.75 Å². The van der Waals surface area contributed by atoms with Crippen LogP contribution in [-0.4, -0.2) is 35.9 Å². The van der Waals surface area contributed by atoms with Gasteiger partial charge in [-0.3, -0.25) is 4.79 Å². The van der Waals surface area contributed by atoms with Gasteiger partial charge in [0.2, 0.25) is 0 Å². The molecule has 112 valence electrons. The van der Waals surface area contributed by atoms with E-state index in [1.165, 1.54) is 0 Å². The first-order valence-corrected chi connectivity index (χ1v) is 6.77. The molecule has 0 aliphatic carbocycles. The first-order chi connectivity index (χ1) is 9.49. The minimum Gasteiger partial charge on any atom is -0.496 e. The highest BCUT2D eigenvalue weighted by Crippen LogP contribution is 2.25. The van der Waals surface area contributed by atoms with E-state index in [4.69, 9.17) is 9.84 Å². The van der Waals surface area contributed by atoms with E-state index in [2.05, 4.69) is 5.32 Å². The molecule has 5 nitrogen and oxygen atoms in total. The molecule has 0 aromatic heterocycles. The summed E-state index contributed by atoms with van der Waals surface area (Å²) >= 11 is 0. The highest BCUT2D eigenvalue weighted by atomic mass is 16.5. The number of carboxylic acids is 1. The Morgan fingerprint density at radius 3 is 2.65 bits per heavy atom. The van der Waals surface area contributed by atoms with Crippen molar-refractivity contribution < 1.29 is 19.7 Å². The van der Waals surface area contributed by atoms with Gasteiger partial charge in [0.25, 0.3) is 0 Å². The molecule has 0 saturated carbocycles. The lowest BCUT2D eigenvalue weighted by Gasteiger charge is -2.24. The Balaban J connectivity index is 2.84. The highest BCUT2D eigenvalue weighted by molar-refractivity contribution is 5.66. The van der Waals surface area contributed by atoms with Gasteiger partial charge in [0.15, 0.2) is 0 Å². The van der Waals surface area contributed by atoms with Gasteiger partial charge in [0, 0.05) is 12.5 Å². The molecule has 2 atom stereocenters. The van der Waals surface area contributed by atoms with E-state index in [9.17, 15) is 9.90 Å². The normalized spacial score (nSPS) is 13.8. The second-order valence-electron chi connectivity index (χ2n) is 4.77. The van der Waals surface area contributed by atoms with Crippen molar-refractivity contribution in [3.05, 3.63) is 29.3 Å². The number of nitrogens with one attached hydrogen (secondary N) is 1. The fourth-order valence-electron chi connectivity index (χ4n) is 2.23. The summed E-state index contributed by atoms with van der Waals surface area (Å²) in [6.45, 7) is 4.52. The summed E-state index contributed by atoms with van der Waals surface area (Å²) < 4.78 is 5.19. The predicted octanol–water partition coefficient (Wildman–Crippen LogP) is 1.88. The second kappa shape index (κ2) is 7.87. The number of aliphatic carboxylic acids is 1. The van der Waals surface area contributed by atoms with Gasteiger partial charge >= 0.3 is 5.97 Å². The number of aliphatic hydroxyl groups is 1. The molecule has 0 heterocycles. The highest BCUT2D eigenvalue weighted by Gasteiger charge is 2.21. The molecule has 3 N–H and O–H groups in total. The molecule has 0 aliphatic heterocycles. The van der Waals surface area contributed by atoms with Crippen molar-refractivity contribution in [3.63, 3.8) is 0 Å². The fourth-order valence-corrected chi connectivity index (χ4v) is 2.23. The largest absolute Gasteiger partial charge is 0.496 e. The summed E-state index contributed by atoms with van der Waals surface area (Å²) in [6, 6.07) is 5.22. The van der Waals surface area contributed by atoms with Crippen molar-refractivity contribution >= 4 is 5.97 Å². The van der Waals surface area contributed by atoms with E-state index in [0.717, 1.165) is 16.9 Å². The number of hydrogen-bond acceptors (Lipinski definition) is 4. The van der Waals surface area contributed by atoms with E-state index >= 15 is 0 Å². The molecule has 0 spiro atoms. The molecule has 0 amide bonds. The number of carbonyl (C=O) groups is 1. The molecular weight excluding hydrogens is 258 g/mol. The van der Waals surface area contributed by atoms with Crippen molar-refractivity contribution in [3.8, 4) is 5.75 Å². The number of aryl methyl sites for hydroxylation is 1. The maximum absolute atomic E-state index is 10.7. The smallest absolute Gasteiger partial charge is 0.303 e. The Morgan fingerprint density at radius 2 is 2.15 bits per heavy atom. The summed E-state index contributed by atoms with van der Waals surface area (Å²) in [7, 11) is 1.60. The quantitative estimate of drug-likeness (QED) is 0.678. The third-order valence-electron chi connectivity index (χ3n) is 3.28. The van der Waals surface area contributed by atoms with Crippen LogP contribution in [-0.2, 0) is 4.79 Å². The number of aliphatic hydroxyl groups excluding tert-OH is 1. The number of hydrogen-bond donors (Lipinski definition) is 3. The first kappa shape index (κ1) is 16.5. The van der Waals surface area contributed by atoms with Crippen LogP contribution < -0.4 is 10.1 Å². The molecule has 1 aromatic carbocycles. The van der Waals surface area contributed by atoms with Crippen molar-refractivity contribution in [2.45, 2.75) is 38.8 Å². The van der Waals surface area contributed by atoms with Crippen LogP contribution >= 0.6 is 0 Å². The van der Waals surface area contributed by atoms with Crippen LogP contribution in [0.2, 0.25) is 0 Å². The second-order valence-corrected chi connectivity index (χ2v) is 4.77. The van der Waals surface area contributed by atoms with Gasteiger partial charge in [-0.2, -0.15) is 0 Å². The molecule has 0 saturated heterocycles. The average Bonchev–Trinajstić information content (AvgIpc) is 2.42. The zero-order chi connectivity index (χ0) is 15.1. The van der Waals surface area contributed by atoms with Crippen molar-refractivity contribution in [2.24, 2.45) is 0 Å². The fraction of sp³-hybridized carbons (Fsp3) is 0.533. The average molecular weight is 281 g/mol. The Labute approximate surface area is 119 Å². The van der Waals surface area contributed by atoms with Crippen molar-refractivity contribution in [1.82, 2.24) is 5.32 Å². The lowest BCUT2D eigenvalue weighted by atomic mass is 9.97. The van der Waals surface area contributed by atoms with Crippen LogP contribution in [0.25, 0.3) is 0 Å². The van der Waals surface area contributed by atoms with Crippen LogP contribution in [0.15, 0.2) is 18.2 Å². The Bertz CT molecular complexity index is 447. The number of carboxylic acid groups (broad SMARTS) is 1. The summed E-state index contributed by atoms with van der Waals surface area (Å²) in [4.78, 5) is 10.7. The van der Waals surface area contributed by atoms with Crippen molar-refractivity contribution in [2.75, 3.05) is 13.7 Å². The summed E-state index contributed by atoms with van der Waals surface area (Å²) in [5, 5.41) is 22.3. The monoisotopic (exact) mass is 281 g/mol. The van der Waals surface area contributed by atoms with E-state index in [1.807, 2.05) is 32.0 Å². The van der Waals surface area contributed by atoms with E-state index < -0.39 is 12.1 Å². The van der Waals surface area contributed by atoms with E-state index in [-0.39, 0.29) is 12.5 Å². The number of methoxy groups -OCH3 is 1. The molecule has 1 aromatic rings. The van der Waals surface area contributed by atoms with Crippen LogP contribution in [0.3, 0.4) is 0 Å². The number of benzene rings is 1. The van der Waals surface area contributed by atoms with Gasteiger partial charge in [-0.25, -0.2) is 0 Å². The minimum atomic E-state index is -0.856. The zero-order valence-electron chi connectivity index (χ0n) is 12.2. The van der Waals surface area contributed by atoms with Gasteiger partial charge in [0.1, 0.15) is 5.75 Å². The Kier molecular flexibility index (Phi) is 6.48. The Morgan fingerprint density at radius 1 is 1.45 bits per heavy atom. The molecular formula is C15H23NO4. The van der Waals surface area contributed by atoms with Gasteiger partial charge in [-0.15, -0.1) is 0 Å². The maximum Gasteiger partial charge on any atom is 0.303 e. The van der Waals surface area contributed by atoms with Gasteiger partial charge in [-0.1, -0.05) is 13.0 Å². The summed E-state index contributed by atoms with van der Waals surface area (Å²) in [6.07, 6.45) is -0.321. The topological polar surface area (TPSA) is 78.8 Å². The van der Waals surface area contributed by atoms with Gasteiger partial charge in [-0.05, 0) is 43.1 Å². The zero-order valence-corrected chi connectivity index (χ0v) is 12.2. The number of ether oxygens (including phenoxy) is 1. The molecule has 0 bridgehead atoms. The van der Waals surface area contributed by atoms with Crippen LogP contribution in [0, 0.1) is 6.92 Å². The first-order valence-electron chi connectivity index (χ1n) is 6.77. The predicted molar refractivity (Wildman–Crippen MR) is 77.0 cm³/mol. The standard InChI is InChI=1S/C15H23NO4/c1-4-16-12(6-8-14(17)18)15(19)11-5-7-13(20-3)10(2)9-11/h5,7,9,12,15-16,19H,4,6,8H2,1-3H3,(H,17,18). The molecule has 5 heteroatoms. The SMILES string of the molecule is CCNC(CCC(=O)O)C(O)c1ccc(OC)c(C)c1. The third kappa shape index (κ3) is 4.51. The van der Waals surface area contributed by atoms with Crippen molar-refractivity contribution in [1.29, 1.82) is 0 Å². The molecule has 0 aliphatic rings. The number of likely N-dealkylation sites (N-methyl/N-ethyl adjacent to an activating group) is 1. The molecule has 20 heavy (non-hydrogen) atoms. The van der Waals surface area contributed by atoms with Crippen LogP contribution in [0.1, 0.15) is 37.0 Å². The molecule has 2 unspecified atom stereocenters. The van der Waals surface area contributed by atoms with E-state index in [1.54, 1.807) is 7.11 Å². The lowest BCUT2D eigenvalue weighted by Crippen LogP contribution is -2.35. The van der Waals surface area contributed by atoms with Crippen LogP contribution in [0.4, 0.5) is 0 Å². The van der Waals surface area contributed by atoms with Gasteiger partial charge in [0.05, 0.1) is 13.2 Å². The summed E-state index contributed by atoms with van der Waals surface area (Å²) in [5.41, 5.74) is 1.71. The summed E-state index contributed by atoms with van der Waals surface area (Å²) in [5.74, 6) is -0.0856. The third-order valence-corrected chi connectivity index (χ3v) is 3.28.